The maximum atomic E-state index is 14.1. The highest BCUT2D eigenvalue weighted by Crippen LogP contribution is 2.34. The first kappa shape index (κ1) is 25.7. The first-order chi connectivity index (χ1) is 17.7. The number of hydrogen-bond acceptors (Lipinski definition) is 5. The maximum Gasteiger partial charge on any atom is 0.347 e. The second-order valence-electron chi connectivity index (χ2n) is 7.47. The zero-order valence-electron chi connectivity index (χ0n) is 18.6. The molecule has 3 aromatic carbocycles. The molecule has 0 aliphatic carbocycles. The van der Waals surface area contributed by atoms with Crippen LogP contribution in [0.3, 0.4) is 0 Å². The molecule has 6 nitrogen and oxygen atoms in total. The van der Waals surface area contributed by atoms with Crippen molar-refractivity contribution in [3.05, 3.63) is 99.2 Å². The Balaban J connectivity index is 1.78. The highest BCUT2D eigenvalue weighted by atomic mass is 35.5. The molecule has 0 aliphatic heterocycles. The Bertz CT molecular complexity index is 1580. The number of aromatic nitrogens is 1. The molecule has 0 radical (unpaired) electrons. The van der Waals surface area contributed by atoms with Crippen LogP contribution in [0.5, 0.6) is 11.5 Å². The predicted octanol–water partition coefficient (Wildman–Crippen LogP) is 6.97. The molecule has 0 spiro atoms. The van der Waals surface area contributed by atoms with Crippen LogP contribution in [0.1, 0.15) is 15.9 Å². The molecule has 0 saturated heterocycles. The van der Waals surface area contributed by atoms with E-state index in [9.17, 15) is 26.7 Å². The van der Waals surface area contributed by atoms with Crippen LogP contribution in [0, 0.1) is 35.7 Å². The van der Waals surface area contributed by atoms with Crippen molar-refractivity contribution in [3.8, 4) is 11.5 Å². The van der Waals surface area contributed by atoms with Crippen molar-refractivity contribution in [2.24, 2.45) is 0 Å². The van der Waals surface area contributed by atoms with E-state index in [4.69, 9.17) is 22.9 Å². The minimum atomic E-state index is -2.39. The topological polar surface area (TPSA) is 64.8 Å². The van der Waals surface area contributed by atoms with Crippen molar-refractivity contribution >= 4 is 39.8 Å². The van der Waals surface area contributed by atoms with E-state index in [-0.39, 0.29) is 23.3 Å². The van der Waals surface area contributed by atoms with Crippen LogP contribution in [0.4, 0.5) is 33.3 Å². The second-order valence-corrected chi connectivity index (χ2v) is 7.88. The Morgan fingerprint density at radius 3 is 2.32 bits per heavy atom. The van der Waals surface area contributed by atoms with Gasteiger partial charge in [-0.05, 0) is 29.8 Å². The van der Waals surface area contributed by atoms with Gasteiger partial charge in [-0.15, -0.1) is 0 Å². The normalized spacial score (nSPS) is 10.8. The summed E-state index contributed by atoms with van der Waals surface area (Å²) in [4.78, 5) is 20.3. The standard InChI is InChI=1S/C25H13ClF5N3O3/c1-32-12-4-5-16-13(8-12)23(34-9-11-3-6-17(36-2)15(26)7-11)14(10-33-16)25(35)37-24-21(30)19(28)18(27)20(29)22(24)31/h3-8,10H,9H2,2H3,(H,33,34). The van der Waals surface area contributed by atoms with E-state index >= 15 is 0 Å². The van der Waals surface area contributed by atoms with Gasteiger partial charge < -0.3 is 14.8 Å². The van der Waals surface area contributed by atoms with Gasteiger partial charge in [-0.25, -0.2) is 22.8 Å². The van der Waals surface area contributed by atoms with Crippen molar-refractivity contribution in [1.29, 1.82) is 0 Å². The van der Waals surface area contributed by atoms with Gasteiger partial charge in [0.25, 0.3) is 0 Å². The third-order valence-corrected chi connectivity index (χ3v) is 5.55. The number of ether oxygens (including phenoxy) is 2. The number of nitrogens with one attached hydrogen (secondary N) is 1. The number of esters is 1. The maximum absolute atomic E-state index is 14.1. The van der Waals surface area contributed by atoms with Crippen molar-refractivity contribution in [1.82, 2.24) is 4.98 Å². The summed E-state index contributed by atoms with van der Waals surface area (Å²) in [5.41, 5.74) is 0.816. The van der Waals surface area contributed by atoms with Crippen LogP contribution < -0.4 is 14.8 Å². The number of nitrogens with zero attached hydrogens (tertiary/aromatic N) is 2. The van der Waals surface area contributed by atoms with Gasteiger partial charge in [0.15, 0.2) is 5.69 Å². The smallest absolute Gasteiger partial charge is 0.347 e. The average Bonchev–Trinajstić information content (AvgIpc) is 2.91. The number of carbonyl (C=O) groups is 1. The summed E-state index contributed by atoms with van der Waals surface area (Å²) in [6.07, 6.45) is 1.01. The molecular formula is C25H13ClF5N3O3. The van der Waals surface area contributed by atoms with Crippen LogP contribution in [0.2, 0.25) is 5.02 Å². The highest BCUT2D eigenvalue weighted by Gasteiger charge is 2.30. The monoisotopic (exact) mass is 533 g/mol. The number of anilines is 1. The number of halogens is 6. The number of fused-ring (bicyclic) bond motifs is 1. The van der Waals surface area contributed by atoms with Gasteiger partial charge in [0.05, 0.1) is 29.9 Å². The lowest BCUT2D eigenvalue weighted by Crippen LogP contribution is -2.16. The lowest BCUT2D eigenvalue weighted by molar-refractivity contribution is 0.0716. The summed E-state index contributed by atoms with van der Waals surface area (Å²) in [6.45, 7) is 7.32. The van der Waals surface area contributed by atoms with E-state index in [2.05, 4.69) is 19.9 Å². The van der Waals surface area contributed by atoms with Crippen LogP contribution in [0.15, 0.2) is 42.6 Å². The van der Waals surface area contributed by atoms with E-state index in [1.165, 1.54) is 25.3 Å². The van der Waals surface area contributed by atoms with Gasteiger partial charge in [0.2, 0.25) is 34.8 Å². The molecule has 12 heteroatoms. The van der Waals surface area contributed by atoms with E-state index < -0.39 is 46.4 Å². The molecule has 0 aliphatic rings. The summed E-state index contributed by atoms with van der Waals surface area (Å²) in [7, 11) is 1.44. The third-order valence-electron chi connectivity index (χ3n) is 5.25. The lowest BCUT2D eigenvalue weighted by Gasteiger charge is -2.16. The predicted molar refractivity (Wildman–Crippen MR) is 125 cm³/mol. The first-order valence-electron chi connectivity index (χ1n) is 10.3. The zero-order valence-corrected chi connectivity index (χ0v) is 19.4. The molecule has 0 amide bonds. The Morgan fingerprint density at radius 2 is 1.70 bits per heavy atom. The molecule has 0 atom stereocenters. The van der Waals surface area contributed by atoms with Gasteiger partial charge in [0.1, 0.15) is 11.3 Å². The molecule has 4 aromatic rings. The number of methoxy groups -OCH3 is 1. The second kappa shape index (κ2) is 10.3. The quantitative estimate of drug-likeness (QED) is 0.0724. The Hall–Kier alpha value is -4.43. The van der Waals surface area contributed by atoms with Crippen molar-refractivity contribution < 1.29 is 36.2 Å². The van der Waals surface area contributed by atoms with Gasteiger partial charge in [0, 0.05) is 18.1 Å². The van der Waals surface area contributed by atoms with E-state index in [0.29, 0.717) is 21.9 Å². The van der Waals surface area contributed by atoms with Crippen molar-refractivity contribution in [3.63, 3.8) is 0 Å². The minimum absolute atomic E-state index is 0.0383. The van der Waals surface area contributed by atoms with E-state index in [1.54, 1.807) is 18.2 Å². The molecule has 1 N–H and O–H groups in total. The molecule has 188 valence electrons. The third kappa shape index (κ3) is 4.83. The molecule has 37 heavy (non-hydrogen) atoms. The molecule has 0 unspecified atom stereocenters. The molecule has 4 rings (SSSR count). The SMILES string of the molecule is [C-]#[N+]c1ccc2ncc(C(=O)Oc3c(F)c(F)c(F)c(F)c3F)c(NCc3ccc(OC)c(Cl)c3)c2c1. The number of rotatable bonds is 6. The van der Waals surface area contributed by atoms with Crippen LogP contribution in [-0.4, -0.2) is 18.1 Å². The number of benzene rings is 3. The van der Waals surface area contributed by atoms with Crippen LogP contribution in [-0.2, 0) is 6.54 Å². The van der Waals surface area contributed by atoms with Gasteiger partial charge >= 0.3 is 5.97 Å². The van der Waals surface area contributed by atoms with Gasteiger partial charge in [-0.3, -0.25) is 4.98 Å². The zero-order chi connectivity index (χ0) is 26.9. The summed E-state index contributed by atoms with van der Waals surface area (Å²) in [5, 5.41) is 3.55. The number of pyridine rings is 1. The molecule has 0 saturated carbocycles. The summed E-state index contributed by atoms with van der Waals surface area (Å²) >= 11 is 6.16. The van der Waals surface area contributed by atoms with Gasteiger partial charge in [-0.1, -0.05) is 23.7 Å². The number of carbonyl (C=O) groups excluding carboxylic acids is 1. The van der Waals surface area contributed by atoms with Crippen LogP contribution in [0.25, 0.3) is 15.7 Å². The first-order valence-corrected chi connectivity index (χ1v) is 10.6. The minimum Gasteiger partial charge on any atom is -0.495 e. The fourth-order valence-electron chi connectivity index (χ4n) is 3.43. The lowest BCUT2D eigenvalue weighted by atomic mass is 10.1. The number of hydrogen-bond donors (Lipinski definition) is 1. The fourth-order valence-corrected chi connectivity index (χ4v) is 3.71. The highest BCUT2D eigenvalue weighted by molar-refractivity contribution is 6.32. The Morgan fingerprint density at radius 1 is 1.03 bits per heavy atom. The average molecular weight is 534 g/mol. The van der Waals surface area contributed by atoms with Gasteiger partial charge in [-0.2, -0.15) is 8.78 Å². The molecular weight excluding hydrogens is 521 g/mol. The van der Waals surface area contributed by atoms with Crippen molar-refractivity contribution in [2.45, 2.75) is 6.54 Å². The van der Waals surface area contributed by atoms with E-state index in [0.717, 1.165) is 6.20 Å². The summed E-state index contributed by atoms with van der Waals surface area (Å²) in [6, 6.07) is 9.29. The molecule has 0 bridgehead atoms. The summed E-state index contributed by atoms with van der Waals surface area (Å²) in [5.74, 6) is -14.3. The summed E-state index contributed by atoms with van der Waals surface area (Å²) < 4.78 is 78.5. The molecule has 1 aromatic heterocycles. The Kier molecular flexibility index (Phi) is 7.13. The molecule has 0 fully saturated rings. The Labute approximate surface area is 211 Å². The fraction of sp³-hybridized carbons (Fsp3) is 0.0800. The largest absolute Gasteiger partial charge is 0.495 e. The molecule has 1 heterocycles. The van der Waals surface area contributed by atoms with Crippen molar-refractivity contribution in [2.75, 3.05) is 12.4 Å². The van der Waals surface area contributed by atoms with E-state index in [1.807, 2.05) is 0 Å². The van der Waals surface area contributed by atoms with Crippen LogP contribution >= 0.6 is 11.6 Å².